The molecule has 0 amide bonds. The molecule has 146 valence electrons. The summed E-state index contributed by atoms with van der Waals surface area (Å²) in [5.41, 5.74) is 1.15. The Hall–Kier alpha value is -1.56. The van der Waals surface area contributed by atoms with Crippen LogP contribution in [0.15, 0.2) is 35.3 Å². The van der Waals surface area contributed by atoms with Crippen LogP contribution in [0.1, 0.15) is 46.0 Å². The first-order chi connectivity index (χ1) is 12.7. The minimum Gasteiger partial charge on any atom is -0.385 e. The molecule has 0 saturated heterocycles. The third-order valence-corrected chi connectivity index (χ3v) is 6.42. The van der Waals surface area contributed by atoms with Crippen LogP contribution in [0.25, 0.3) is 0 Å². The molecule has 1 aliphatic carbocycles. The number of hydrogen-bond acceptors (Lipinski definition) is 3. The third kappa shape index (κ3) is 7.36. The number of hydrogen-bond donors (Lipinski definition) is 3. The van der Waals surface area contributed by atoms with Crippen molar-refractivity contribution in [2.45, 2.75) is 57.2 Å². The molecule has 0 aromatic heterocycles. The first-order valence-electron chi connectivity index (χ1n) is 9.93. The van der Waals surface area contributed by atoms with Crippen molar-refractivity contribution in [3.8, 4) is 0 Å². The van der Waals surface area contributed by atoms with Crippen molar-refractivity contribution in [1.29, 1.82) is 0 Å². The zero-order valence-electron chi connectivity index (χ0n) is 16.2. The van der Waals surface area contributed by atoms with Crippen LogP contribution < -0.4 is 16.0 Å². The molecule has 0 bridgehead atoms. The molecular weight excluding hydrogens is 344 g/mol. The molecular formula is C20H34N4OS. The number of nitrogens with zero attached hydrogens (tertiary/aromatic N) is 1. The van der Waals surface area contributed by atoms with Gasteiger partial charge in [-0.2, -0.15) is 0 Å². The van der Waals surface area contributed by atoms with Crippen LogP contribution in [0, 0.1) is 0 Å². The van der Waals surface area contributed by atoms with Crippen LogP contribution in [0.3, 0.4) is 0 Å². The molecule has 1 aromatic carbocycles. The molecule has 5 nitrogen and oxygen atoms in total. The van der Waals surface area contributed by atoms with Crippen LogP contribution >= 0.6 is 0 Å². The van der Waals surface area contributed by atoms with Crippen molar-refractivity contribution >= 4 is 22.4 Å². The molecule has 0 radical (unpaired) electrons. The highest BCUT2D eigenvalue weighted by molar-refractivity contribution is 7.85. The molecule has 1 fully saturated rings. The first-order valence-corrected chi connectivity index (χ1v) is 11.3. The summed E-state index contributed by atoms with van der Waals surface area (Å²) in [6.07, 6.45) is 5.35. The fraction of sp³-hybridized carbons (Fsp3) is 0.650. The Labute approximate surface area is 160 Å². The summed E-state index contributed by atoms with van der Waals surface area (Å²) in [6.45, 7) is 6.65. The highest BCUT2D eigenvalue weighted by Gasteiger charge is 2.25. The quantitative estimate of drug-likeness (QED) is 0.351. The van der Waals surface area contributed by atoms with Gasteiger partial charge in [-0.3, -0.25) is 9.20 Å². The Bertz CT molecular complexity index is 564. The smallest absolute Gasteiger partial charge is 0.191 e. The van der Waals surface area contributed by atoms with Crippen molar-refractivity contribution in [1.82, 2.24) is 10.6 Å². The Morgan fingerprint density at radius 3 is 2.77 bits per heavy atom. The van der Waals surface area contributed by atoms with Crippen molar-refractivity contribution in [3.05, 3.63) is 30.3 Å². The van der Waals surface area contributed by atoms with Gasteiger partial charge in [-0.15, -0.1) is 0 Å². The van der Waals surface area contributed by atoms with E-state index in [1.165, 1.54) is 0 Å². The van der Waals surface area contributed by atoms with Gasteiger partial charge in [-0.1, -0.05) is 31.5 Å². The fourth-order valence-corrected chi connectivity index (χ4v) is 4.67. The van der Waals surface area contributed by atoms with Crippen LogP contribution in [0.2, 0.25) is 0 Å². The number of benzene rings is 1. The van der Waals surface area contributed by atoms with Gasteiger partial charge in [0.1, 0.15) is 0 Å². The molecule has 26 heavy (non-hydrogen) atoms. The van der Waals surface area contributed by atoms with Gasteiger partial charge in [-0.05, 0) is 44.7 Å². The zero-order valence-corrected chi connectivity index (χ0v) is 17.0. The lowest BCUT2D eigenvalue weighted by Crippen LogP contribution is -2.46. The highest BCUT2D eigenvalue weighted by atomic mass is 32.2. The second-order valence-electron chi connectivity index (χ2n) is 6.71. The second kappa shape index (κ2) is 11.9. The second-order valence-corrected chi connectivity index (χ2v) is 8.71. The fourth-order valence-electron chi connectivity index (χ4n) is 3.32. The average Bonchev–Trinajstić information content (AvgIpc) is 2.68. The molecule has 1 aromatic rings. The standard InChI is InChI=1S/C20H34N4OS/c1-3-21-20(23-15-9-14-22-17-10-6-5-7-11-17)24-18-12-8-13-19(16-18)26(25)4-2/h5-7,10-11,18-19,22H,3-4,8-9,12-16H2,1-2H3,(H2,21,23,24). The summed E-state index contributed by atoms with van der Waals surface area (Å²) in [7, 11) is -0.688. The van der Waals surface area contributed by atoms with E-state index in [0.717, 1.165) is 69.1 Å². The summed E-state index contributed by atoms with van der Waals surface area (Å²) in [4.78, 5) is 4.71. The van der Waals surface area contributed by atoms with Gasteiger partial charge < -0.3 is 16.0 Å². The maximum absolute atomic E-state index is 12.1. The molecule has 3 N–H and O–H groups in total. The van der Waals surface area contributed by atoms with E-state index >= 15 is 0 Å². The summed E-state index contributed by atoms with van der Waals surface area (Å²) in [5.74, 6) is 1.65. The van der Waals surface area contributed by atoms with Gasteiger partial charge in [0, 0.05) is 53.2 Å². The molecule has 6 heteroatoms. The number of guanidine groups is 1. The summed E-state index contributed by atoms with van der Waals surface area (Å²) in [5, 5.41) is 10.6. The van der Waals surface area contributed by atoms with Crippen LogP contribution in [0.4, 0.5) is 5.69 Å². The number of aliphatic imine (C=N–C) groups is 1. The normalized spacial score (nSPS) is 21.8. The Balaban J connectivity index is 1.75. The van der Waals surface area contributed by atoms with Gasteiger partial charge in [0.15, 0.2) is 5.96 Å². The molecule has 3 atom stereocenters. The minimum absolute atomic E-state index is 0.337. The summed E-state index contributed by atoms with van der Waals surface area (Å²) >= 11 is 0. The SMILES string of the molecule is CCNC(=NCCCNc1ccccc1)NC1CCCC(S(=O)CC)C1. The molecule has 2 rings (SSSR count). The van der Waals surface area contributed by atoms with E-state index in [2.05, 4.69) is 35.0 Å². The Kier molecular flexibility index (Phi) is 9.53. The minimum atomic E-state index is -0.688. The van der Waals surface area contributed by atoms with E-state index in [0.29, 0.717) is 11.3 Å². The molecule has 1 saturated carbocycles. The Morgan fingerprint density at radius 2 is 2.04 bits per heavy atom. The summed E-state index contributed by atoms with van der Waals surface area (Å²) < 4.78 is 12.1. The van der Waals surface area contributed by atoms with E-state index in [1.807, 2.05) is 25.1 Å². The largest absolute Gasteiger partial charge is 0.385 e. The van der Waals surface area contributed by atoms with Gasteiger partial charge >= 0.3 is 0 Å². The number of anilines is 1. The topological polar surface area (TPSA) is 65.5 Å². The van der Waals surface area contributed by atoms with Gasteiger partial charge in [0.05, 0.1) is 0 Å². The maximum Gasteiger partial charge on any atom is 0.191 e. The molecule has 3 unspecified atom stereocenters. The van der Waals surface area contributed by atoms with Gasteiger partial charge in [0.25, 0.3) is 0 Å². The molecule has 0 aliphatic heterocycles. The molecule has 0 spiro atoms. The van der Waals surface area contributed by atoms with E-state index in [-0.39, 0.29) is 0 Å². The average molecular weight is 379 g/mol. The van der Waals surface area contributed by atoms with E-state index < -0.39 is 10.8 Å². The van der Waals surface area contributed by atoms with E-state index in [4.69, 9.17) is 4.99 Å². The van der Waals surface area contributed by atoms with E-state index in [1.54, 1.807) is 0 Å². The number of nitrogens with one attached hydrogen (secondary N) is 3. The molecule has 1 aliphatic rings. The maximum atomic E-state index is 12.1. The van der Waals surface area contributed by atoms with E-state index in [9.17, 15) is 4.21 Å². The van der Waals surface area contributed by atoms with Crippen LogP contribution in [-0.2, 0) is 10.8 Å². The number of para-hydroxylation sites is 1. The predicted octanol–water partition coefficient (Wildman–Crippen LogP) is 3.12. The van der Waals surface area contributed by atoms with Crippen LogP contribution in [-0.4, -0.2) is 46.8 Å². The van der Waals surface area contributed by atoms with Crippen molar-refractivity contribution in [2.75, 3.05) is 30.7 Å². The van der Waals surface area contributed by atoms with Crippen molar-refractivity contribution in [3.63, 3.8) is 0 Å². The van der Waals surface area contributed by atoms with Crippen molar-refractivity contribution in [2.24, 2.45) is 4.99 Å². The van der Waals surface area contributed by atoms with Gasteiger partial charge in [-0.25, -0.2) is 0 Å². The monoisotopic (exact) mass is 378 g/mol. The lowest BCUT2D eigenvalue weighted by molar-refractivity contribution is 0.413. The van der Waals surface area contributed by atoms with Crippen LogP contribution in [0.5, 0.6) is 0 Å². The summed E-state index contributed by atoms with van der Waals surface area (Å²) in [6, 6.07) is 10.6. The van der Waals surface area contributed by atoms with Crippen molar-refractivity contribution < 1.29 is 4.21 Å². The number of rotatable bonds is 9. The first kappa shape index (κ1) is 20.7. The van der Waals surface area contributed by atoms with Gasteiger partial charge in [0.2, 0.25) is 0 Å². The third-order valence-electron chi connectivity index (χ3n) is 4.68. The molecule has 0 heterocycles. The zero-order chi connectivity index (χ0) is 18.6. The lowest BCUT2D eigenvalue weighted by atomic mass is 9.95. The lowest BCUT2D eigenvalue weighted by Gasteiger charge is -2.30. The predicted molar refractivity (Wildman–Crippen MR) is 113 cm³/mol. The Morgan fingerprint density at radius 1 is 1.23 bits per heavy atom. The highest BCUT2D eigenvalue weighted by Crippen LogP contribution is 2.22.